The number of nitrogens with one attached hydrogen (secondary N) is 1. The molecule has 1 aliphatic carbocycles. The van der Waals surface area contributed by atoms with Crippen molar-refractivity contribution in [2.75, 3.05) is 19.6 Å². The van der Waals surface area contributed by atoms with Crippen LogP contribution < -0.4 is 5.56 Å². The predicted octanol–water partition coefficient (Wildman–Crippen LogP) is 3.48. The van der Waals surface area contributed by atoms with Gasteiger partial charge in [0, 0.05) is 25.1 Å². The normalized spacial score (nSPS) is 25.6. The van der Waals surface area contributed by atoms with Crippen molar-refractivity contribution in [3.63, 3.8) is 0 Å². The molecule has 1 aromatic rings. The minimum Gasteiger partial charge on any atom is -0.313 e. The standard InChI is InChI=1S/C19H29N3O/c1-14-6-4-8-19(2,3)16(14)12-22-9-5-7-15(11-22)17-10-18(23)21-13-20-17/h10,13,15H,4-9,11-12H2,1-3H3,(H,20,21,23)/t15-/m0/s1. The molecule has 0 aromatic carbocycles. The fourth-order valence-corrected chi connectivity index (χ4v) is 4.30. The summed E-state index contributed by atoms with van der Waals surface area (Å²) in [5.74, 6) is 0.388. The number of likely N-dealkylation sites (tertiary alicyclic amines) is 1. The van der Waals surface area contributed by atoms with E-state index < -0.39 is 0 Å². The van der Waals surface area contributed by atoms with Crippen molar-refractivity contribution in [1.82, 2.24) is 14.9 Å². The highest BCUT2D eigenvalue weighted by molar-refractivity contribution is 5.24. The van der Waals surface area contributed by atoms with Crippen LogP contribution in [0.4, 0.5) is 0 Å². The van der Waals surface area contributed by atoms with Crippen LogP contribution in [0.3, 0.4) is 0 Å². The Morgan fingerprint density at radius 1 is 1.39 bits per heavy atom. The molecule has 1 aromatic heterocycles. The molecule has 1 N–H and O–H groups in total. The number of hydrogen-bond donors (Lipinski definition) is 1. The highest BCUT2D eigenvalue weighted by Crippen LogP contribution is 2.41. The van der Waals surface area contributed by atoms with Crippen LogP contribution in [-0.2, 0) is 0 Å². The molecule has 23 heavy (non-hydrogen) atoms. The molecule has 0 saturated carbocycles. The van der Waals surface area contributed by atoms with E-state index in [-0.39, 0.29) is 5.56 Å². The number of aromatic amines is 1. The molecule has 2 aliphatic rings. The second-order valence-electron chi connectivity index (χ2n) is 7.91. The van der Waals surface area contributed by atoms with E-state index in [0.29, 0.717) is 11.3 Å². The number of H-pyrrole nitrogens is 1. The first-order valence-electron chi connectivity index (χ1n) is 8.92. The van der Waals surface area contributed by atoms with Crippen LogP contribution in [0.1, 0.15) is 64.5 Å². The fourth-order valence-electron chi connectivity index (χ4n) is 4.30. The van der Waals surface area contributed by atoms with Crippen molar-refractivity contribution in [2.45, 2.75) is 58.8 Å². The minimum atomic E-state index is -0.0425. The highest BCUT2D eigenvalue weighted by atomic mass is 16.1. The molecular formula is C19H29N3O. The van der Waals surface area contributed by atoms with E-state index in [1.807, 2.05) is 0 Å². The molecule has 0 bridgehead atoms. The summed E-state index contributed by atoms with van der Waals surface area (Å²) in [6.45, 7) is 10.4. The van der Waals surface area contributed by atoms with Crippen LogP contribution in [0.25, 0.3) is 0 Å². The molecule has 126 valence electrons. The van der Waals surface area contributed by atoms with Gasteiger partial charge in [-0.15, -0.1) is 0 Å². The molecule has 2 heterocycles. The molecule has 4 heteroatoms. The Morgan fingerprint density at radius 2 is 2.22 bits per heavy atom. The van der Waals surface area contributed by atoms with Crippen molar-refractivity contribution in [3.05, 3.63) is 39.6 Å². The fraction of sp³-hybridized carbons (Fsp3) is 0.684. The van der Waals surface area contributed by atoms with E-state index >= 15 is 0 Å². The molecular weight excluding hydrogens is 286 g/mol. The molecule has 1 saturated heterocycles. The van der Waals surface area contributed by atoms with Gasteiger partial charge in [0.25, 0.3) is 5.56 Å². The van der Waals surface area contributed by atoms with E-state index in [9.17, 15) is 4.79 Å². The lowest BCUT2D eigenvalue weighted by Gasteiger charge is -2.40. The maximum Gasteiger partial charge on any atom is 0.250 e. The maximum atomic E-state index is 11.5. The Kier molecular flexibility index (Phi) is 4.72. The van der Waals surface area contributed by atoms with Gasteiger partial charge in [-0.25, -0.2) is 4.98 Å². The van der Waals surface area contributed by atoms with Gasteiger partial charge in [-0.2, -0.15) is 0 Å². The van der Waals surface area contributed by atoms with Gasteiger partial charge in [-0.1, -0.05) is 25.0 Å². The van der Waals surface area contributed by atoms with E-state index in [1.165, 1.54) is 32.0 Å². The van der Waals surface area contributed by atoms with Crippen molar-refractivity contribution in [3.8, 4) is 0 Å². The summed E-state index contributed by atoms with van der Waals surface area (Å²) >= 11 is 0. The number of allylic oxidation sites excluding steroid dienone is 1. The van der Waals surface area contributed by atoms with Crippen LogP contribution in [0.5, 0.6) is 0 Å². The number of piperidine rings is 1. The molecule has 3 rings (SSSR count). The molecule has 0 unspecified atom stereocenters. The zero-order valence-electron chi connectivity index (χ0n) is 14.7. The monoisotopic (exact) mass is 315 g/mol. The largest absolute Gasteiger partial charge is 0.313 e. The van der Waals surface area contributed by atoms with Gasteiger partial charge in [-0.3, -0.25) is 9.69 Å². The summed E-state index contributed by atoms with van der Waals surface area (Å²) in [6, 6.07) is 1.67. The van der Waals surface area contributed by atoms with Gasteiger partial charge in [0.15, 0.2) is 0 Å². The second kappa shape index (κ2) is 6.60. The van der Waals surface area contributed by atoms with E-state index in [4.69, 9.17) is 0 Å². The third kappa shape index (κ3) is 3.74. The van der Waals surface area contributed by atoms with Gasteiger partial charge < -0.3 is 4.98 Å². The van der Waals surface area contributed by atoms with Crippen LogP contribution in [0, 0.1) is 5.41 Å². The SMILES string of the molecule is CC1=C(CN2CCC[C@H](c3cc(=O)[nH]cn3)C2)C(C)(C)CCC1. The summed E-state index contributed by atoms with van der Waals surface area (Å²) in [6.07, 6.45) is 7.73. The summed E-state index contributed by atoms with van der Waals surface area (Å²) in [4.78, 5) is 21.1. The second-order valence-corrected chi connectivity index (χ2v) is 7.91. The van der Waals surface area contributed by atoms with Gasteiger partial charge >= 0.3 is 0 Å². The van der Waals surface area contributed by atoms with Crippen LogP contribution in [-0.4, -0.2) is 34.5 Å². The Morgan fingerprint density at radius 3 is 2.96 bits per heavy atom. The smallest absolute Gasteiger partial charge is 0.250 e. The van der Waals surface area contributed by atoms with Crippen LogP contribution in [0.15, 0.2) is 28.3 Å². The third-order valence-corrected chi connectivity index (χ3v) is 5.69. The van der Waals surface area contributed by atoms with Crippen LogP contribution in [0.2, 0.25) is 0 Å². The maximum absolute atomic E-state index is 11.5. The van der Waals surface area contributed by atoms with Crippen molar-refractivity contribution < 1.29 is 0 Å². The molecule has 0 spiro atoms. The van der Waals surface area contributed by atoms with Crippen molar-refractivity contribution in [2.24, 2.45) is 5.41 Å². The molecule has 0 radical (unpaired) electrons. The molecule has 0 amide bonds. The highest BCUT2D eigenvalue weighted by Gasteiger charge is 2.31. The van der Waals surface area contributed by atoms with Crippen molar-refractivity contribution >= 4 is 0 Å². The summed E-state index contributed by atoms with van der Waals surface area (Å²) in [5, 5.41) is 0. The number of rotatable bonds is 3. The van der Waals surface area contributed by atoms with Crippen molar-refractivity contribution in [1.29, 1.82) is 0 Å². The average Bonchev–Trinajstić information content (AvgIpc) is 2.51. The zero-order valence-corrected chi connectivity index (χ0v) is 14.7. The quantitative estimate of drug-likeness (QED) is 0.869. The number of nitrogens with zero attached hydrogens (tertiary/aromatic N) is 2. The van der Waals surface area contributed by atoms with E-state index in [2.05, 4.69) is 35.6 Å². The van der Waals surface area contributed by atoms with Crippen LogP contribution >= 0.6 is 0 Å². The molecule has 4 nitrogen and oxygen atoms in total. The van der Waals surface area contributed by atoms with Gasteiger partial charge in [0.05, 0.1) is 12.0 Å². The van der Waals surface area contributed by atoms with E-state index in [0.717, 1.165) is 31.7 Å². The lowest BCUT2D eigenvalue weighted by molar-refractivity contribution is 0.202. The van der Waals surface area contributed by atoms with Gasteiger partial charge in [0.2, 0.25) is 0 Å². The summed E-state index contributed by atoms with van der Waals surface area (Å²) in [7, 11) is 0. The lowest BCUT2D eigenvalue weighted by atomic mass is 9.72. The number of hydrogen-bond acceptors (Lipinski definition) is 3. The Labute approximate surface area is 139 Å². The topological polar surface area (TPSA) is 49.0 Å². The molecule has 1 aliphatic heterocycles. The summed E-state index contributed by atoms with van der Waals surface area (Å²) < 4.78 is 0. The minimum absolute atomic E-state index is 0.0425. The summed E-state index contributed by atoms with van der Waals surface area (Å²) in [5.41, 5.74) is 4.48. The zero-order chi connectivity index (χ0) is 16.4. The first kappa shape index (κ1) is 16.4. The molecule has 1 fully saturated rings. The predicted molar refractivity (Wildman–Crippen MR) is 93.6 cm³/mol. The third-order valence-electron chi connectivity index (χ3n) is 5.69. The first-order valence-corrected chi connectivity index (χ1v) is 8.92. The van der Waals surface area contributed by atoms with E-state index in [1.54, 1.807) is 17.2 Å². The van der Waals surface area contributed by atoms with Gasteiger partial charge in [0.1, 0.15) is 0 Å². The Bertz CT molecular complexity index is 644. The lowest BCUT2D eigenvalue weighted by Crippen LogP contribution is -2.39. The average molecular weight is 315 g/mol. The first-order chi connectivity index (χ1) is 11.0. The number of aromatic nitrogens is 2. The molecule has 1 atom stereocenters. The Hall–Kier alpha value is -1.42. The Balaban J connectivity index is 1.73. The van der Waals surface area contributed by atoms with Gasteiger partial charge in [-0.05, 0) is 51.0 Å².